The second kappa shape index (κ2) is 24.9. The van der Waals surface area contributed by atoms with Crippen LogP contribution in [0.15, 0.2) is 78.6 Å². The average Bonchev–Trinajstić information content (AvgIpc) is 3.53. The summed E-state index contributed by atoms with van der Waals surface area (Å²) in [7, 11) is -1.90. The molecule has 2 aliphatic rings. The van der Waals surface area contributed by atoms with Gasteiger partial charge in [-0.25, -0.2) is 0 Å². The molecule has 0 saturated heterocycles. The van der Waals surface area contributed by atoms with Gasteiger partial charge in [0.05, 0.1) is 57.2 Å². The van der Waals surface area contributed by atoms with Crippen LogP contribution in [-0.2, 0) is 44.7 Å². The number of amides is 1. The Balaban J connectivity index is 1.35. The third-order valence-electron chi connectivity index (χ3n) is 11.3. The number of carbonyl (C=O) groups excluding carboxylic acids is 1. The lowest BCUT2D eigenvalue weighted by molar-refractivity contribution is -0.438. The number of hydrogen-bond donors (Lipinski definition) is 3. The molecule has 62 heavy (non-hydrogen) atoms. The van der Waals surface area contributed by atoms with Crippen molar-refractivity contribution >= 4 is 84.3 Å². The molecule has 0 spiro atoms. The number of nitrogens with one attached hydrogen (secondary N) is 1. The smallest absolute Gasteiger partial charge is 0.305 e. The number of likely N-dealkylation sites (N-methyl/N-ethyl adjacent to an activating group) is 1. The van der Waals surface area contributed by atoms with Crippen LogP contribution in [0.1, 0.15) is 88.8 Å². The van der Waals surface area contributed by atoms with E-state index in [2.05, 4.69) is 155 Å². The molecule has 2 heterocycles. The van der Waals surface area contributed by atoms with Gasteiger partial charge in [0, 0.05) is 73.6 Å². The number of ether oxygens (including phenoxy) is 3. The van der Waals surface area contributed by atoms with Crippen molar-refractivity contribution in [1.82, 2.24) is 5.32 Å². The number of aryl methyl sites for hydroxylation is 1. The fourth-order valence-electron chi connectivity index (χ4n) is 8.14. The first-order chi connectivity index (χ1) is 29.5. The Morgan fingerprint density at radius 2 is 1.53 bits per heavy atom. The van der Waals surface area contributed by atoms with E-state index in [1.807, 2.05) is 12.2 Å². The fraction of sp³-hybridized carbons (Fsp3) is 0.511. The molecular weight excluding hydrogens is 1040 g/mol. The molecule has 15 heteroatoms. The number of fused-ring (bicyclic) bond motifs is 2. The molecule has 0 radical (unpaired) electrons. The van der Waals surface area contributed by atoms with E-state index < -0.39 is 16.1 Å². The van der Waals surface area contributed by atoms with Crippen molar-refractivity contribution in [1.29, 1.82) is 0 Å². The zero-order valence-corrected chi connectivity index (χ0v) is 41.9. The molecule has 0 aromatic heterocycles. The van der Waals surface area contributed by atoms with Crippen LogP contribution >= 0.6 is 45.2 Å². The summed E-state index contributed by atoms with van der Waals surface area (Å²) in [5.74, 6) is -1.16. The van der Waals surface area contributed by atoms with Crippen molar-refractivity contribution in [3.8, 4) is 0 Å². The van der Waals surface area contributed by atoms with Gasteiger partial charge in [-0.2, -0.15) is 13.0 Å². The minimum atomic E-state index is -4.04. The van der Waals surface area contributed by atoms with Crippen LogP contribution in [0.2, 0.25) is 0 Å². The molecule has 2 aliphatic heterocycles. The van der Waals surface area contributed by atoms with Crippen LogP contribution in [0, 0.1) is 14.1 Å². The Labute approximate surface area is 396 Å². The fourth-order valence-corrected chi connectivity index (χ4v) is 11.2. The van der Waals surface area contributed by atoms with Crippen molar-refractivity contribution in [2.24, 2.45) is 0 Å². The minimum absolute atomic E-state index is 0.0105. The lowest BCUT2D eigenvalue weighted by Gasteiger charge is -2.24. The number of halogens is 2. The summed E-state index contributed by atoms with van der Waals surface area (Å²) >= 11 is 4.83. The number of nitrogens with zero attached hydrogens (tertiary/aromatic N) is 2. The Bertz CT molecular complexity index is 2130. The van der Waals surface area contributed by atoms with Gasteiger partial charge in [0.25, 0.3) is 10.1 Å². The molecule has 3 N–H and O–H groups in total. The van der Waals surface area contributed by atoms with Gasteiger partial charge >= 0.3 is 5.97 Å². The highest BCUT2D eigenvalue weighted by Gasteiger charge is 2.47. The summed E-state index contributed by atoms with van der Waals surface area (Å²) in [5, 5.41) is 11.5. The molecule has 0 bridgehead atoms. The van der Waals surface area contributed by atoms with Gasteiger partial charge in [-0.3, -0.25) is 14.1 Å². The predicted molar refractivity (Wildman–Crippen MR) is 264 cm³/mol. The number of carboxylic acids is 1. The quantitative estimate of drug-likeness (QED) is 0.0260. The Hall–Kier alpha value is -2.94. The third-order valence-corrected chi connectivity index (χ3v) is 13.5. The molecule has 0 aliphatic carbocycles. The van der Waals surface area contributed by atoms with Gasteiger partial charge in [0.2, 0.25) is 11.6 Å². The molecule has 4 rings (SSSR count). The first kappa shape index (κ1) is 51.7. The molecule has 12 nitrogen and oxygen atoms in total. The third kappa shape index (κ3) is 15.4. The number of benzene rings is 2. The van der Waals surface area contributed by atoms with E-state index in [0.29, 0.717) is 58.8 Å². The SMILES string of the molecule is Cc1ccc2c(c1)C(C)(CCCCS(=O)(=O)O)C(/C=C/C=C/C=C/C=C1\N(C)c3cc(I)cc(I)c3C1(C)C)=[N+]2CCCCCC(=O)NCCOCCOCCOCCC(=O)O. The molecule has 1 amide bonds. The van der Waals surface area contributed by atoms with Gasteiger partial charge in [-0.05, 0) is 109 Å². The standard InChI is InChI=1S/C47H63I2N3O9S/c1-35-19-20-39-37(32-35)47(4,22-13-15-31-62(56,57)58)42(17-11-8-6-7-10-16-41-46(2,3)45-38(49)33-36(48)34-40(45)51(41)5)52(39)24-14-9-12-18-43(53)50-23-26-60-28-30-61-29-27-59-25-21-44(54)55/h6-8,10-11,16-17,19-20,32-34H,9,12-15,18,21-31H2,1-5H3,(H2-,50,53,54,55,56,57,58)/p+1. The van der Waals surface area contributed by atoms with E-state index >= 15 is 0 Å². The van der Waals surface area contributed by atoms with Crippen LogP contribution in [0.25, 0.3) is 0 Å². The molecular formula is C47H64I2N3O9S+. The second-order valence-electron chi connectivity index (χ2n) is 16.4. The number of unbranched alkanes of at least 4 members (excludes halogenated alkanes) is 3. The van der Waals surface area contributed by atoms with Crippen LogP contribution in [0.3, 0.4) is 0 Å². The Morgan fingerprint density at radius 3 is 2.24 bits per heavy atom. The van der Waals surface area contributed by atoms with Gasteiger partial charge in [0.15, 0.2) is 5.71 Å². The average molecular weight is 1100 g/mol. The van der Waals surface area contributed by atoms with Crippen molar-refractivity contribution in [2.45, 2.75) is 89.9 Å². The summed E-state index contributed by atoms with van der Waals surface area (Å²) in [6, 6.07) is 11.0. The predicted octanol–water partition coefficient (Wildman–Crippen LogP) is 8.80. The Kier molecular flexibility index (Phi) is 20.8. The Morgan fingerprint density at radius 1 is 0.855 bits per heavy atom. The largest absolute Gasteiger partial charge is 0.481 e. The van der Waals surface area contributed by atoms with Crippen molar-refractivity contribution in [2.75, 3.05) is 70.4 Å². The molecule has 0 fully saturated rings. The molecule has 340 valence electrons. The highest BCUT2D eigenvalue weighted by atomic mass is 127. The maximum Gasteiger partial charge on any atom is 0.305 e. The summed E-state index contributed by atoms with van der Waals surface area (Å²) < 4.78 is 53.5. The van der Waals surface area contributed by atoms with Crippen LogP contribution in [0.4, 0.5) is 11.4 Å². The molecule has 1 unspecified atom stereocenters. The summed E-state index contributed by atoms with van der Waals surface area (Å²) in [6.45, 7) is 12.1. The van der Waals surface area contributed by atoms with Crippen molar-refractivity contribution < 1.29 is 46.5 Å². The highest BCUT2D eigenvalue weighted by Crippen LogP contribution is 2.49. The number of hydrogen-bond acceptors (Lipinski definition) is 8. The molecule has 0 saturated carbocycles. The van der Waals surface area contributed by atoms with Gasteiger partial charge < -0.3 is 29.5 Å². The topological polar surface area (TPSA) is 155 Å². The van der Waals surface area contributed by atoms with Gasteiger partial charge in [-0.1, -0.05) is 62.3 Å². The van der Waals surface area contributed by atoms with E-state index in [0.717, 1.165) is 49.2 Å². The summed E-state index contributed by atoms with van der Waals surface area (Å²) in [4.78, 5) is 25.3. The number of aliphatic carboxylic acids is 1. The molecule has 1 atom stereocenters. The van der Waals surface area contributed by atoms with E-state index in [9.17, 15) is 22.6 Å². The lowest BCUT2D eigenvalue weighted by atomic mass is 9.75. The first-order valence-electron chi connectivity index (χ1n) is 21.3. The van der Waals surface area contributed by atoms with Crippen LogP contribution in [0.5, 0.6) is 0 Å². The zero-order chi connectivity index (χ0) is 45.3. The minimum Gasteiger partial charge on any atom is -0.481 e. The molecule has 2 aromatic rings. The summed E-state index contributed by atoms with van der Waals surface area (Å²) in [5.41, 5.74) is 8.00. The highest BCUT2D eigenvalue weighted by molar-refractivity contribution is 14.1. The van der Waals surface area contributed by atoms with Crippen molar-refractivity contribution in [3.63, 3.8) is 0 Å². The van der Waals surface area contributed by atoms with E-state index in [1.165, 1.54) is 29.7 Å². The number of carboxylic acid groups (broad SMARTS) is 1. The van der Waals surface area contributed by atoms with Crippen molar-refractivity contribution in [3.05, 3.63) is 102 Å². The van der Waals surface area contributed by atoms with Crippen LogP contribution in [-0.4, -0.2) is 106 Å². The number of anilines is 1. The lowest BCUT2D eigenvalue weighted by Crippen LogP contribution is -2.31. The normalized spacial score (nSPS) is 17.9. The maximum atomic E-state index is 12.5. The molecule has 2 aromatic carbocycles. The summed E-state index contributed by atoms with van der Waals surface area (Å²) in [6.07, 6.45) is 19.3. The number of carbonyl (C=O) groups is 2. The second-order valence-corrected chi connectivity index (χ2v) is 20.4. The monoisotopic (exact) mass is 1100 g/mol. The van der Waals surface area contributed by atoms with Gasteiger partial charge in [0.1, 0.15) is 6.54 Å². The number of allylic oxidation sites excluding steroid dienone is 8. The van der Waals surface area contributed by atoms with Crippen LogP contribution < -0.4 is 10.2 Å². The van der Waals surface area contributed by atoms with E-state index in [-0.39, 0.29) is 35.5 Å². The van der Waals surface area contributed by atoms with Gasteiger partial charge in [-0.15, -0.1) is 0 Å². The number of rotatable bonds is 27. The zero-order valence-electron chi connectivity index (χ0n) is 36.8. The maximum absolute atomic E-state index is 12.5. The van der Waals surface area contributed by atoms with E-state index in [4.69, 9.17) is 19.3 Å². The first-order valence-corrected chi connectivity index (χ1v) is 25.1. The van der Waals surface area contributed by atoms with E-state index in [1.54, 1.807) is 0 Å².